The first-order valence-corrected chi connectivity index (χ1v) is 10.7. The van der Waals surface area contributed by atoms with E-state index in [9.17, 15) is 12.8 Å². The summed E-state index contributed by atoms with van der Waals surface area (Å²) in [5.41, 5.74) is 4.53. The molecule has 6 heteroatoms. The molecule has 2 N–H and O–H groups in total. The Morgan fingerprint density at radius 2 is 1.88 bits per heavy atom. The van der Waals surface area contributed by atoms with Gasteiger partial charge >= 0.3 is 0 Å². The minimum Gasteiger partial charge on any atom is -0.310 e. The van der Waals surface area contributed by atoms with Gasteiger partial charge in [0, 0.05) is 12.6 Å². The van der Waals surface area contributed by atoms with Crippen molar-refractivity contribution >= 4 is 10.0 Å². The SMILES string of the molecule is CCS(=O)(=O)NCc1ccc2c(c1)C(Cc1ccc(F)cc1)NCCC2. The number of halogens is 1. The van der Waals surface area contributed by atoms with Gasteiger partial charge in [-0.25, -0.2) is 17.5 Å². The van der Waals surface area contributed by atoms with E-state index in [0.717, 1.165) is 36.9 Å². The van der Waals surface area contributed by atoms with E-state index in [-0.39, 0.29) is 17.6 Å². The Balaban J connectivity index is 1.82. The second-order valence-electron chi connectivity index (χ2n) is 6.70. The molecule has 0 saturated heterocycles. The fourth-order valence-electron chi connectivity index (χ4n) is 3.31. The van der Waals surface area contributed by atoms with Gasteiger partial charge in [-0.05, 0) is 67.1 Å². The molecular formula is C20H25FN2O2S. The van der Waals surface area contributed by atoms with Crippen molar-refractivity contribution < 1.29 is 12.8 Å². The Labute approximate surface area is 154 Å². The Bertz CT molecular complexity index is 851. The highest BCUT2D eigenvalue weighted by Crippen LogP contribution is 2.27. The Hall–Kier alpha value is -1.76. The Morgan fingerprint density at radius 3 is 2.62 bits per heavy atom. The number of rotatable bonds is 6. The number of nitrogens with one attached hydrogen (secondary N) is 2. The molecule has 26 heavy (non-hydrogen) atoms. The van der Waals surface area contributed by atoms with Gasteiger partial charge in [-0.2, -0.15) is 0 Å². The number of fused-ring (bicyclic) bond motifs is 1. The normalized spacial score (nSPS) is 17.5. The highest BCUT2D eigenvalue weighted by molar-refractivity contribution is 7.89. The lowest BCUT2D eigenvalue weighted by atomic mass is 9.92. The molecule has 1 aliphatic rings. The average molecular weight is 376 g/mol. The third-order valence-corrected chi connectivity index (χ3v) is 6.17. The summed E-state index contributed by atoms with van der Waals surface area (Å²) in [6, 6.07) is 13.0. The summed E-state index contributed by atoms with van der Waals surface area (Å²) in [7, 11) is -3.21. The molecule has 1 heterocycles. The predicted molar refractivity (Wildman–Crippen MR) is 102 cm³/mol. The maximum atomic E-state index is 13.2. The summed E-state index contributed by atoms with van der Waals surface area (Å²) in [4.78, 5) is 0. The summed E-state index contributed by atoms with van der Waals surface area (Å²) in [6.45, 7) is 2.85. The lowest BCUT2D eigenvalue weighted by molar-refractivity contribution is 0.538. The van der Waals surface area contributed by atoms with Gasteiger partial charge in [-0.3, -0.25) is 0 Å². The minimum atomic E-state index is -3.21. The highest BCUT2D eigenvalue weighted by atomic mass is 32.2. The molecule has 0 spiro atoms. The van der Waals surface area contributed by atoms with Crippen LogP contribution in [0.15, 0.2) is 42.5 Å². The smallest absolute Gasteiger partial charge is 0.211 e. The van der Waals surface area contributed by atoms with E-state index in [1.54, 1.807) is 6.92 Å². The van der Waals surface area contributed by atoms with Crippen LogP contribution in [0.5, 0.6) is 0 Å². The standard InChI is InChI=1S/C20H25FN2O2S/c1-2-26(24,25)23-14-16-5-8-17-4-3-11-22-20(19(17)12-16)13-15-6-9-18(21)10-7-15/h5-10,12,20,22-23H,2-4,11,13-14H2,1H3. The molecule has 0 saturated carbocycles. The monoisotopic (exact) mass is 376 g/mol. The highest BCUT2D eigenvalue weighted by Gasteiger charge is 2.19. The van der Waals surface area contributed by atoms with Crippen LogP contribution in [0.3, 0.4) is 0 Å². The second-order valence-corrected chi connectivity index (χ2v) is 8.79. The van der Waals surface area contributed by atoms with Gasteiger partial charge in [0.05, 0.1) is 5.75 Å². The van der Waals surface area contributed by atoms with Crippen LogP contribution in [0.25, 0.3) is 0 Å². The van der Waals surface area contributed by atoms with Crippen molar-refractivity contribution in [3.05, 3.63) is 70.5 Å². The zero-order valence-electron chi connectivity index (χ0n) is 15.0. The number of hydrogen-bond acceptors (Lipinski definition) is 3. The van der Waals surface area contributed by atoms with Crippen LogP contribution >= 0.6 is 0 Å². The molecule has 2 aromatic carbocycles. The van der Waals surface area contributed by atoms with Gasteiger partial charge < -0.3 is 5.32 Å². The van der Waals surface area contributed by atoms with Crippen molar-refractivity contribution in [1.29, 1.82) is 0 Å². The molecule has 3 rings (SSSR count). The fraction of sp³-hybridized carbons (Fsp3) is 0.400. The Morgan fingerprint density at radius 1 is 1.15 bits per heavy atom. The minimum absolute atomic E-state index is 0.0761. The van der Waals surface area contributed by atoms with E-state index < -0.39 is 10.0 Å². The van der Waals surface area contributed by atoms with Crippen LogP contribution in [0.1, 0.15) is 41.6 Å². The molecule has 0 amide bonds. The molecule has 0 aliphatic carbocycles. The molecular weight excluding hydrogens is 351 g/mol. The third kappa shape index (κ3) is 4.90. The second kappa shape index (κ2) is 8.29. The van der Waals surface area contributed by atoms with Crippen molar-refractivity contribution in [3.8, 4) is 0 Å². The number of benzene rings is 2. The van der Waals surface area contributed by atoms with E-state index in [4.69, 9.17) is 0 Å². The van der Waals surface area contributed by atoms with Gasteiger partial charge in [0.25, 0.3) is 0 Å². The van der Waals surface area contributed by atoms with Crippen LogP contribution in [0.4, 0.5) is 4.39 Å². The van der Waals surface area contributed by atoms with Crippen LogP contribution < -0.4 is 10.0 Å². The summed E-state index contributed by atoms with van der Waals surface area (Å²) in [5, 5.41) is 3.58. The zero-order valence-corrected chi connectivity index (χ0v) is 15.8. The molecule has 0 fully saturated rings. The lowest BCUT2D eigenvalue weighted by Crippen LogP contribution is -2.25. The molecule has 1 unspecified atom stereocenters. The van der Waals surface area contributed by atoms with Gasteiger partial charge in [-0.15, -0.1) is 0 Å². The van der Waals surface area contributed by atoms with Crippen LogP contribution in [0.2, 0.25) is 0 Å². The lowest BCUT2D eigenvalue weighted by Gasteiger charge is -2.20. The van der Waals surface area contributed by atoms with E-state index in [0.29, 0.717) is 6.54 Å². The van der Waals surface area contributed by atoms with Gasteiger partial charge in [0.1, 0.15) is 5.82 Å². The van der Waals surface area contributed by atoms with Crippen molar-refractivity contribution in [2.75, 3.05) is 12.3 Å². The summed E-state index contributed by atoms with van der Waals surface area (Å²) < 4.78 is 39.2. The van der Waals surface area contributed by atoms with Crippen molar-refractivity contribution in [3.63, 3.8) is 0 Å². The third-order valence-electron chi connectivity index (χ3n) is 4.83. The molecule has 140 valence electrons. The van der Waals surface area contributed by atoms with Crippen molar-refractivity contribution in [2.45, 2.75) is 38.8 Å². The molecule has 0 aromatic heterocycles. The van der Waals surface area contributed by atoms with Gasteiger partial charge in [-0.1, -0.05) is 30.3 Å². The molecule has 4 nitrogen and oxygen atoms in total. The number of sulfonamides is 1. The first-order valence-electron chi connectivity index (χ1n) is 9.03. The maximum Gasteiger partial charge on any atom is 0.211 e. The average Bonchev–Trinajstić information content (AvgIpc) is 2.84. The summed E-state index contributed by atoms with van der Waals surface area (Å²) in [6.07, 6.45) is 2.84. The number of hydrogen-bond donors (Lipinski definition) is 2. The maximum absolute atomic E-state index is 13.2. The topological polar surface area (TPSA) is 58.2 Å². The quantitative estimate of drug-likeness (QED) is 0.815. The molecule has 0 radical (unpaired) electrons. The van der Waals surface area contributed by atoms with Crippen molar-refractivity contribution in [1.82, 2.24) is 10.0 Å². The van der Waals surface area contributed by atoms with Crippen LogP contribution in [-0.2, 0) is 29.4 Å². The first kappa shape index (κ1) is 19.0. The fourth-order valence-corrected chi connectivity index (χ4v) is 3.90. The molecule has 1 atom stereocenters. The Kier molecular flexibility index (Phi) is 6.06. The molecule has 0 bridgehead atoms. The zero-order chi connectivity index (χ0) is 18.6. The first-order chi connectivity index (χ1) is 12.5. The number of aryl methyl sites for hydroxylation is 1. The molecule has 2 aromatic rings. The molecule has 1 aliphatic heterocycles. The van der Waals surface area contributed by atoms with Gasteiger partial charge in [0.2, 0.25) is 10.0 Å². The van der Waals surface area contributed by atoms with E-state index >= 15 is 0 Å². The summed E-state index contributed by atoms with van der Waals surface area (Å²) >= 11 is 0. The van der Waals surface area contributed by atoms with Crippen molar-refractivity contribution in [2.24, 2.45) is 0 Å². The van der Waals surface area contributed by atoms with Crippen LogP contribution in [-0.4, -0.2) is 20.7 Å². The van der Waals surface area contributed by atoms with E-state index in [1.807, 2.05) is 18.2 Å². The summed E-state index contributed by atoms with van der Waals surface area (Å²) in [5.74, 6) is -0.152. The largest absolute Gasteiger partial charge is 0.310 e. The van der Waals surface area contributed by atoms with Crippen LogP contribution in [0, 0.1) is 5.82 Å². The van der Waals surface area contributed by atoms with E-state index in [2.05, 4.69) is 22.2 Å². The predicted octanol–water partition coefficient (Wildman–Crippen LogP) is 3.08. The van der Waals surface area contributed by atoms with Gasteiger partial charge in [0.15, 0.2) is 0 Å². The van der Waals surface area contributed by atoms with E-state index in [1.165, 1.54) is 23.3 Å².